The van der Waals surface area contributed by atoms with E-state index in [1.807, 2.05) is 19.9 Å². The molecule has 1 fully saturated rings. The molecule has 0 atom stereocenters. The number of nitrogens with zero attached hydrogens (tertiary/aromatic N) is 2. The first-order chi connectivity index (χ1) is 15.1. The van der Waals surface area contributed by atoms with Crippen LogP contribution in [-0.4, -0.2) is 57.1 Å². The average Bonchev–Trinajstić information content (AvgIpc) is 2.77. The number of aromatic nitrogens is 1. The molecule has 1 aromatic carbocycles. The first-order valence-electron chi connectivity index (χ1n) is 10.7. The number of carbonyl (C=O) groups is 2. The summed E-state index contributed by atoms with van der Waals surface area (Å²) in [6.45, 7) is 5.83. The van der Waals surface area contributed by atoms with Gasteiger partial charge in [-0.3, -0.25) is 9.59 Å². The van der Waals surface area contributed by atoms with Crippen LogP contribution < -0.4 is 15.5 Å². The molecule has 0 aliphatic carbocycles. The number of hydrogen-bond acceptors (Lipinski definition) is 6. The van der Waals surface area contributed by atoms with Gasteiger partial charge in [0.1, 0.15) is 11.4 Å². The highest BCUT2D eigenvalue weighted by Gasteiger charge is 2.21. The van der Waals surface area contributed by atoms with Crippen LogP contribution in [0.4, 0.5) is 5.69 Å². The van der Waals surface area contributed by atoms with Crippen LogP contribution in [0, 0.1) is 5.92 Å². The summed E-state index contributed by atoms with van der Waals surface area (Å²) in [6.07, 6.45) is 2.98. The number of benzene rings is 1. The molecule has 3 rings (SSSR count). The topological polar surface area (TPSA) is 108 Å². The van der Waals surface area contributed by atoms with Crippen LogP contribution >= 0.6 is 0 Å². The Morgan fingerprint density at radius 3 is 2.31 bits per heavy atom. The lowest BCUT2D eigenvalue weighted by Gasteiger charge is -2.33. The minimum atomic E-state index is -3.24. The lowest BCUT2D eigenvalue weighted by Crippen LogP contribution is -2.39. The van der Waals surface area contributed by atoms with E-state index in [-0.39, 0.29) is 29.2 Å². The molecule has 1 aliphatic heterocycles. The van der Waals surface area contributed by atoms with Crippen molar-refractivity contribution in [2.45, 2.75) is 37.6 Å². The van der Waals surface area contributed by atoms with Gasteiger partial charge in [-0.2, -0.15) is 0 Å². The molecule has 2 amide bonds. The molecule has 1 aliphatic rings. The molecule has 2 heterocycles. The SMILES string of the molecule is CC(C)NC(=O)c1cccc(C(=O)NCC2CCN(c3cccc(S(C)(=O)=O)c3)CC2)n1. The molecule has 0 saturated carbocycles. The first kappa shape index (κ1) is 23.7. The van der Waals surface area contributed by atoms with Crippen LogP contribution in [0.25, 0.3) is 0 Å². The van der Waals surface area contributed by atoms with Crippen LogP contribution in [0.2, 0.25) is 0 Å². The predicted molar refractivity (Wildman–Crippen MR) is 124 cm³/mol. The third-order valence-corrected chi connectivity index (χ3v) is 6.52. The van der Waals surface area contributed by atoms with Crippen LogP contribution in [0.5, 0.6) is 0 Å². The quantitative estimate of drug-likeness (QED) is 0.659. The van der Waals surface area contributed by atoms with E-state index in [2.05, 4.69) is 20.5 Å². The molecule has 0 bridgehead atoms. The van der Waals surface area contributed by atoms with Crippen LogP contribution in [-0.2, 0) is 9.84 Å². The number of sulfone groups is 1. The molecule has 1 aromatic heterocycles. The largest absolute Gasteiger partial charge is 0.371 e. The Balaban J connectivity index is 1.52. The second kappa shape index (κ2) is 10.1. The summed E-state index contributed by atoms with van der Waals surface area (Å²) < 4.78 is 23.6. The molecule has 2 N–H and O–H groups in total. The smallest absolute Gasteiger partial charge is 0.270 e. The molecule has 9 heteroatoms. The summed E-state index contributed by atoms with van der Waals surface area (Å²) in [7, 11) is -3.24. The maximum Gasteiger partial charge on any atom is 0.270 e. The van der Waals surface area contributed by atoms with Gasteiger partial charge in [-0.05, 0) is 62.9 Å². The zero-order valence-corrected chi connectivity index (χ0v) is 19.5. The predicted octanol–water partition coefficient (Wildman–Crippen LogP) is 2.27. The summed E-state index contributed by atoms with van der Waals surface area (Å²) in [6, 6.07) is 11.8. The lowest BCUT2D eigenvalue weighted by molar-refractivity contribution is 0.0934. The Bertz CT molecular complexity index is 1080. The minimum Gasteiger partial charge on any atom is -0.371 e. The maximum absolute atomic E-state index is 12.5. The summed E-state index contributed by atoms with van der Waals surface area (Å²) in [4.78, 5) is 31.3. The monoisotopic (exact) mass is 458 g/mol. The van der Waals surface area contributed by atoms with Crippen molar-refractivity contribution in [3.8, 4) is 0 Å². The number of amides is 2. The number of hydrogen-bond donors (Lipinski definition) is 2. The number of rotatable bonds is 7. The normalized spacial score (nSPS) is 14.9. The van der Waals surface area contributed by atoms with Gasteiger partial charge in [-0.15, -0.1) is 0 Å². The number of piperidine rings is 1. The second-order valence-electron chi connectivity index (χ2n) is 8.45. The van der Waals surface area contributed by atoms with E-state index in [1.165, 1.54) is 6.26 Å². The van der Waals surface area contributed by atoms with Gasteiger partial charge < -0.3 is 15.5 Å². The van der Waals surface area contributed by atoms with E-state index in [1.54, 1.807) is 36.4 Å². The summed E-state index contributed by atoms with van der Waals surface area (Å²) in [5.41, 5.74) is 1.34. The van der Waals surface area contributed by atoms with Crippen molar-refractivity contribution in [3.05, 3.63) is 53.9 Å². The third-order valence-electron chi connectivity index (χ3n) is 5.41. The molecule has 2 aromatic rings. The Morgan fingerprint density at radius 1 is 1.06 bits per heavy atom. The van der Waals surface area contributed by atoms with Gasteiger partial charge in [0.15, 0.2) is 9.84 Å². The zero-order valence-electron chi connectivity index (χ0n) is 18.7. The van der Waals surface area contributed by atoms with Crippen LogP contribution in [0.15, 0.2) is 47.4 Å². The van der Waals surface area contributed by atoms with E-state index in [9.17, 15) is 18.0 Å². The van der Waals surface area contributed by atoms with Crippen molar-refractivity contribution in [2.24, 2.45) is 5.92 Å². The minimum absolute atomic E-state index is 0.0125. The molecule has 32 heavy (non-hydrogen) atoms. The fourth-order valence-corrected chi connectivity index (χ4v) is 4.32. The standard InChI is InChI=1S/C23H30N4O4S/c1-16(2)25-23(29)21-9-5-8-20(26-21)22(28)24-15-17-10-12-27(13-11-17)18-6-4-7-19(14-18)32(3,30)31/h4-9,14,16-17H,10-13,15H2,1-3H3,(H,24,28)(H,25,29). The molecular weight excluding hydrogens is 428 g/mol. The van der Waals surface area contributed by atoms with Crippen molar-refractivity contribution < 1.29 is 18.0 Å². The Morgan fingerprint density at radius 2 is 1.69 bits per heavy atom. The highest BCUT2D eigenvalue weighted by atomic mass is 32.2. The van der Waals surface area contributed by atoms with Gasteiger partial charge in [-0.1, -0.05) is 12.1 Å². The van der Waals surface area contributed by atoms with Crippen molar-refractivity contribution in [1.82, 2.24) is 15.6 Å². The highest BCUT2D eigenvalue weighted by molar-refractivity contribution is 7.90. The fraction of sp³-hybridized carbons (Fsp3) is 0.435. The van der Waals surface area contributed by atoms with E-state index in [0.717, 1.165) is 31.6 Å². The van der Waals surface area contributed by atoms with E-state index >= 15 is 0 Å². The fourth-order valence-electron chi connectivity index (χ4n) is 3.66. The summed E-state index contributed by atoms with van der Waals surface area (Å²) in [5, 5.41) is 5.70. The van der Waals surface area contributed by atoms with Gasteiger partial charge in [-0.25, -0.2) is 13.4 Å². The first-order valence-corrected chi connectivity index (χ1v) is 12.6. The average molecular weight is 459 g/mol. The van der Waals surface area contributed by atoms with E-state index in [0.29, 0.717) is 17.4 Å². The number of carbonyl (C=O) groups excluding carboxylic acids is 2. The van der Waals surface area contributed by atoms with Crippen LogP contribution in [0.3, 0.4) is 0 Å². The number of pyridine rings is 1. The molecule has 172 valence electrons. The van der Waals surface area contributed by atoms with Gasteiger partial charge in [0, 0.05) is 37.6 Å². The highest BCUT2D eigenvalue weighted by Crippen LogP contribution is 2.25. The summed E-state index contributed by atoms with van der Waals surface area (Å²) >= 11 is 0. The lowest BCUT2D eigenvalue weighted by atomic mass is 9.96. The van der Waals surface area contributed by atoms with Gasteiger partial charge in [0.05, 0.1) is 4.90 Å². The Labute approximate surface area is 189 Å². The van der Waals surface area contributed by atoms with Crippen molar-refractivity contribution >= 4 is 27.3 Å². The van der Waals surface area contributed by atoms with Crippen molar-refractivity contribution in [2.75, 3.05) is 30.8 Å². The molecule has 0 unspecified atom stereocenters. The second-order valence-corrected chi connectivity index (χ2v) is 10.5. The van der Waals surface area contributed by atoms with E-state index in [4.69, 9.17) is 0 Å². The summed E-state index contributed by atoms with van der Waals surface area (Å²) in [5.74, 6) is -0.282. The Kier molecular flexibility index (Phi) is 7.50. The van der Waals surface area contributed by atoms with Gasteiger partial charge in [0.25, 0.3) is 11.8 Å². The number of anilines is 1. The molecular formula is C23H30N4O4S. The number of nitrogens with one attached hydrogen (secondary N) is 2. The van der Waals surface area contributed by atoms with Crippen molar-refractivity contribution in [1.29, 1.82) is 0 Å². The third kappa shape index (κ3) is 6.29. The molecule has 0 radical (unpaired) electrons. The zero-order chi connectivity index (χ0) is 23.3. The molecule has 1 saturated heterocycles. The van der Waals surface area contributed by atoms with E-state index < -0.39 is 9.84 Å². The van der Waals surface area contributed by atoms with Crippen molar-refractivity contribution in [3.63, 3.8) is 0 Å². The maximum atomic E-state index is 12.5. The Hall–Kier alpha value is -2.94. The van der Waals surface area contributed by atoms with Gasteiger partial charge in [0.2, 0.25) is 0 Å². The van der Waals surface area contributed by atoms with Gasteiger partial charge >= 0.3 is 0 Å². The van der Waals surface area contributed by atoms with Crippen LogP contribution in [0.1, 0.15) is 47.7 Å². The molecule has 0 spiro atoms. The molecule has 8 nitrogen and oxygen atoms in total.